The lowest BCUT2D eigenvalue weighted by molar-refractivity contribution is 0.607. The van der Waals surface area contributed by atoms with Crippen LogP contribution in [0, 0.1) is 0 Å². The van der Waals surface area contributed by atoms with Gasteiger partial charge >= 0.3 is 0 Å². The predicted molar refractivity (Wildman–Crippen MR) is 119 cm³/mol. The number of anilines is 1. The van der Waals surface area contributed by atoms with Gasteiger partial charge in [0.1, 0.15) is 0 Å². The lowest BCUT2D eigenvalue weighted by atomic mass is 10.0. The van der Waals surface area contributed by atoms with Gasteiger partial charge in [0.15, 0.2) is 0 Å². The second-order valence-corrected chi connectivity index (χ2v) is 8.57. The maximum absolute atomic E-state index is 13.3. The minimum absolute atomic E-state index is 0.176. The number of pyridine rings is 2. The molecule has 0 aliphatic carbocycles. The minimum atomic E-state index is -3.37. The van der Waals surface area contributed by atoms with Crippen molar-refractivity contribution < 1.29 is 8.42 Å². The van der Waals surface area contributed by atoms with Crippen molar-refractivity contribution in [3.8, 4) is 28.1 Å². The van der Waals surface area contributed by atoms with Crippen molar-refractivity contribution in [3.05, 3.63) is 102 Å². The van der Waals surface area contributed by atoms with Crippen LogP contribution in [-0.2, 0) is 10.0 Å². The zero-order valence-corrected chi connectivity index (χ0v) is 17.0. The number of benzene rings is 2. The predicted octanol–water partition coefficient (Wildman–Crippen LogP) is 3.94. The number of nitrogens with zero attached hydrogens (tertiary/aromatic N) is 2. The number of rotatable bonds is 5. The average molecular weight is 417 g/mol. The molecule has 7 heteroatoms. The molecule has 0 saturated carbocycles. The summed E-state index contributed by atoms with van der Waals surface area (Å²) in [4.78, 5) is 17.7. The summed E-state index contributed by atoms with van der Waals surface area (Å²) in [6.07, 6.45) is 4.58. The van der Waals surface area contributed by atoms with Gasteiger partial charge in [-0.3, -0.25) is 19.1 Å². The Morgan fingerprint density at radius 1 is 0.867 bits per heavy atom. The lowest BCUT2D eigenvalue weighted by Gasteiger charge is -2.13. The van der Waals surface area contributed by atoms with Crippen molar-refractivity contribution in [2.45, 2.75) is 0 Å². The van der Waals surface area contributed by atoms with Crippen molar-refractivity contribution in [1.82, 2.24) is 9.55 Å². The quantitative estimate of drug-likeness (QED) is 0.533. The van der Waals surface area contributed by atoms with Crippen LogP contribution >= 0.6 is 0 Å². The molecule has 150 valence electrons. The van der Waals surface area contributed by atoms with Crippen LogP contribution in [0.2, 0.25) is 0 Å². The minimum Gasteiger partial charge on any atom is -0.284 e. The van der Waals surface area contributed by atoms with Crippen LogP contribution in [-0.4, -0.2) is 24.2 Å². The molecule has 0 spiro atoms. The fourth-order valence-electron chi connectivity index (χ4n) is 3.17. The van der Waals surface area contributed by atoms with Gasteiger partial charge in [-0.05, 0) is 48.0 Å². The fourth-order valence-corrected chi connectivity index (χ4v) is 3.74. The first-order valence-corrected chi connectivity index (χ1v) is 11.1. The third kappa shape index (κ3) is 4.31. The molecule has 0 saturated heterocycles. The van der Waals surface area contributed by atoms with E-state index in [0.717, 1.165) is 23.2 Å². The van der Waals surface area contributed by atoms with Gasteiger partial charge in [-0.25, -0.2) is 8.42 Å². The smallest absolute Gasteiger partial charge is 0.262 e. The zero-order chi connectivity index (χ0) is 21.1. The van der Waals surface area contributed by atoms with Crippen molar-refractivity contribution >= 4 is 15.7 Å². The molecule has 0 unspecified atom stereocenters. The van der Waals surface area contributed by atoms with Gasteiger partial charge in [-0.15, -0.1) is 0 Å². The number of hydrogen-bond donors (Lipinski definition) is 1. The molecule has 2 heterocycles. The lowest BCUT2D eigenvalue weighted by Crippen LogP contribution is -2.20. The van der Waals surface area contributed by atoms with Crippen LogP contribution in [0.3, 0.4) is 0 Å². The van der Waals surface area contributed by atoms with Crippen molar-refractivity contribution in [2.75, 3.05) is 11.0 Å². The fraction of sp³-hybridized carbons (Fsp3) is 0.0435. The summed E-state index contributed by atoms with van der Waals surface area (Å²) in [6.45, 7) is 0. The summed E-state index contributed by atoms with van der Waals surface area (Å²) in [5.74, 6) is 0. The first-order valence-electron chi connectivity index (χ1n) is 9.22. The van der Waals surface area contributed by atoms with E-state index >= 15 is 0 Å². The maximum atomic E-state index is 13.3. The van der Waals surface area contributed by atoms with E-state index in [0.29, 0.717) is 16.8 Å². The normalized spacial score (nSPS) is 11.2. The molecule has 0 bridgehead atoms. The van der Waals surface area contributed by atoms with E-state index in [1.165, 1.54) is 0 Å². The van der Waals surface area contributed by atoms with Crippen LogP contribution in [0.1, 0.15) is 0 Å². The molecule has 0 fully saturated rings. The molecule has 0 aliphatic heterocycles. The summed E-state index contributed by atoms with van der Waals surface area (Å²) < 4.78 is 26.9. The van der Waals surface area contributed by atoms with Gasteiger partial charge in [0, 0.05) is 34.9 Å². The SMILES string of the molecule is CS(=O)(=O)Nc1ccc(-c2cc(-c3ccccn3)cn(-c3ccccc3)c2=O)cc1. The Balaban J connectivity index is 1.88. The Morgan fingerprint density at radius 2 is 1.57 bits per heavy atom. The summed E-state index contributed by atoms with van der Waals surface area (Å²) >= 11 is 0. The van der Waals surface area contributed by atoms with Gasteiger partial charge in [-0.2, -0.15) is 0 Å². The van der Waals surface area contributed by atoms with Crippen molar-refractivity contribution in [3.63, 3.8) is 0 Å². The molecular formula is C23H19N3O3S. The van der Waals surface area contributed by atoms with Gasteiger partial charge < -0.3 is 0 Å². The molecule has 2 aromatic carbocycles. The monoisotopic (exact) mass is 417 g/mol. The first-order chi connectivity index (χ1) is 14.4. The summed E-state index contributed by atoms with van der Waals surface area (Å²) in [5.41, 5.74) is 3.73. The van der Waals surface area contributed by atoms with Gasteiger partial charge in [0.2, 0.25) is 10.0 Å². The largest absolute Gasteiger partial charge is 0.284 e. The molecule has 4 aromatic rings. The molecule has 0 aliphatic rings. The topological polar surface area (TPSA) is 81.1 Å². The molecule has 2 aromatic heterocycles. The third-order valence-electron chi connectivity index (χ3n) is 4.51. The van der Waals surface area contributed by atoms with E-state index < -0.39 is 10.0 Å². The van der Waals surface area contributed by atoms with Crippen molar-refractivity contribution in [1.29, 1.82) is 0 Å². The number of para-hydroxylation sites is 1. The Morgan fingerprint density at radius 3 is 2.20 bits per heavy atom. The number of sulfonamides is 1. The maximum Gasteiger partial charge on any atom is 0.262 e. The Labute approximate surface area is 174 Å². The molecule has 6 nitrogen and oxygen atoms in total. The average Bonchev–Trinajstić information content (AvgIpc) is 2.75. The highest BCUT2D eigenvalue weighted by molar-refractivity contribution is 7.92. The van der Waals surface area contributed by atoms with Gasteiger partial charge in [-0.1, -0.05) is 36.4 Å². The highest BCUT2D eigenvalue weighted by Gasteiger charge is 2.13. The molecule has 0 amide bonds. The highest BCUT2D eigenvalue weighted by Crippen LogP contribution is 2.25. The Bertz CT molecular complexity index is 1330. The van der Waals surface area contributed by atoms with Crippen LogP contribution < -0.4 is 10.3 Å². The van der Waals surface area contributed by atoms with E-state index in [-0.39, 0.29) is 5.56 Å². The zero-order valence-electron chi connectivity index (χ0n) is 16.2. The number of hydrogen-bond acceptors (Lipinski definition) is 4. The molecule has 0 atom stereocenters. The van der Waals surface area contributed by atoms with E-state index in [2.05, 4.69) is 9.71 Å². The van der Waals surface area contributed by atoms with Gasteiger partial charge in [0.25, 0.3) is 5.56 Å². The second-order valence-electron chi connectivity index (χ2n) is 6.82. The number of nitrogens with one attached hydrogen (secondary N) is 1. The highest BCUT2D eigenvalue weighted by atomic mass is 32.2. The third-order valence-corrected chi connectivity index (χ3v) is 5.12. The molecule has 0 radical (unpaired) electrons. The summed E-state index contributed by atoms with van der Waals surface area (Å²) in [7, 11) is -3.37. The Kier molecular flexibility index (Phi) is 5.20. The van der Waals surface area contributed by atoms with E-state index in [4.69, 9.17) is 0 Å². The van der Waals surface area contributed by atoms with Crippen LogP contribution in [0.5, 0.6) is 0 Å². The first kappa shape index (κ1) is 19.6. The molecule has 4 rings (SSSR count). The second kappa shape index (κ2) is 7.96. The van der Waals surface area contributed by atoms with Crippen LogP contribution in [0.4, 0.5) is 5.69 Å². The molecular weight excluding hydrogens is 398 g/mol. The summed E-state index contributed by atoms with van der Waals surface area (Å²) in [6, 6.07) is 23.5. The van der Waals surface area contributed by atoms with E-state index in [1.54, 1.807) is 41.2 Å². The molecule has 1 N–H and O–H groups in total. The van der Waals surface area contributed by atoms with Crippen LogP contribution in [0.25, 0.3) is 28.1 Å². The Hall–Kier alpha value is -3.71. The molecule has 30 heavy (non-hydrogen) atoms. The van der Waals surface area contributed by atoms with Gasteiger partial charge in [0.05, 0.1) is 11.9 Å². The van der Waals surface area contributed by atoms with Crippen molar-refractivity contribution in [2.24, 2.45) is 0 Å². The van der Waals surface area contributed by atoms with Crippen LogP contribution in [0.15, 0.2) is 96.1 Å². The van der Waals surface area contributed by atoms with E-state index in [9.17, 15) is 13.2 Å². The van der Waals surface area contributed by atoms with E-state index in [1.807, 2.05) is 54.6 Å². The summed E-state index contributed by atoms with van der Waals surface area (Å²) in [5, 5.41) is 0. The standard InChI is InChI=1S/C23H19N3O3S/c1-30(28,29)25-19-12-10-17(11-13-19)21-15-18(22-9-5-6-14-24-22)16-26(23(21)27)20-7-3-2-4-8-20/h2-16,25H,1H3. The number of aromatic nitrogens is 2.